The molecule has 2 N–H and O–H groups in total. The van der Waals surface area contributed by atoms with Gasteiger partial charge < -0.3 is 15.4 Å². The van der Waals surface area contributed by atoms with Crippen molar-refractivity contribution in [2.24, 2.45) is 11.7 Å². The van der Waals surface area contributed by atoms with Crippen LogP contribution in [0.4, 0.5) is 0 Å². The summed E-state index contributed by atoms with van der Waals surface area (Å²) in [5, 5.41) is 0. The molecule has 1 saturated heterocycles. The van der Waals surface area contributed by atoms with Crippen LogP contribution in [-0.2, 0) is 4.74 Å². The molecule has 0 radical (unpaired) electrons. The van der Waals surface area contributed by atoms with Crippen molar-refractivity contribution < 1.29 is 4.74 Å². The minimum absolute atomic E-state index is 0. The number of ether oxygens (including phenoxy) is 1. The maximum atomic E-state index is 5.62. The van der Waals surface area contributed by atoms with Crippen molar-refractivity contribution in [1.82, 2.24) is 4.90 Å². The van der Waals surface area contributed by atoms with Crippen molar-refractivity contribution in [2.45, 2.75) is 12.5 Å². The van der Waals surface area contributed by atoms with Gasteiger partial charge in [0, 0.05) is 26.1 Å². The standard InChI is InChI=1S/C8H18N2O.2ClH/c1-10-4-3-8(11-2)7(5-9)6-10;;/h7-8H,3-6,9H2,1-2H3;2*1H. The van der Waals surface area contributed by atoms with Crippen LogP contribution in [0.2, 0.25) is 0 Å². The molecule has 1 aliphatic heterocycles. The number of hydrogen-bond donors (Lipinski definition) is 1. The molecule has 2 unspecified atom stereocenters. The van der Waals surface area contributed by atoms with Gasteiger partial charge in [-0.25, -0.2) is 0 Å². The Labute approximate surface area is 92.8 Å². The van der Waals surface area contributed by atoms with Gasteiger partial charge in [0.2, 0.25) is 0 Å². The van der Waals surface area contributed by atoms with Crippen molar-refractivity contribution in [3.63, 3.8) is 0 Å². The molecule has 0 amide bonds. The predicted molar refractivity (Wildman–Crippen MR) is 60.0 cm³/mol. The van der Waals surface area contributed by atoms with E-state index in [-0.39, 0.29) is 24.8 Å². The van der Waals surface area contributed by atoms with Crippen LogP contribution in [0.5, 0.6) is 0 Å². The van der Waals surface area contributed by atoms with E-state index in [2.05, 4.69) is 11.9 Å². The molecule has 0 aromatic carbocycles. The van der Waals surface area contributed by atoms with Crippen LogP contribution < -0.4 is 5.73 Å². The van der Waals surface area contributed by atoms with E-state index >= 15 is 0 Å². The maximum Gasteiger partial charge on any atom is 0.0636 e. The molecule has 0 spiro atoms. The molecule has 0 aromatic rings. The molecule has 3 nitrogen and oxygen atoms in total. The Morgan fingerprint density at radius 3 is 2.54 bits per heavy atom. The minimum atomic E-state index is 0. The lowest BCUT2D eigenvalue weighted by Gasteiger charge is -2.35. The smallest absolute Gasteiger partial charge is 0.0636 e. The second-order valence-corrected chi connectivity index (χ2v) is 3.32. The van der Waals surface area contributed by atoms with Gasteiger partial charge in [-0.2, -0.15) is 0 Å². The first kappa shape index (κ1) is 15.9. The highest BCUT2D eigenvalue weighted by Gasteiger charge is 2.25. The van der Waals surface area contributed by atoms with Crippen LogP contribution in [0.3, 0.4) is 0 Å². The van der Waals surface area contributed by atoms with E-state index in [1.54, 1.807) is 7.11 Å². The van der Waals surface area contributed by atoms with Crippen molar-refractivity contribution >= 4 is 24.8 Å². The molecule has 0 aromatic heterocycles. The number of likely N-dealkylation sites (tertiary alicyclic amines) is 1. The summed E-state index contributed by atoms with van der Waals surface area (Å²) in [7, 11) is 3.91. The highest BCUT2D eigenvalue weighted by molar-refractivity contribution is 5.85. The van der Waals surface area contributed by atoms with E-state index in [1.807, 2.05) is 0 Å². The molecule has 2 atom stereocenters. The van der Waals surface area contributed by atoms with Gasteiger partial charge in [-0.3, -0.25) is 0 Å². The molecule has 0 saturated carbocycles. The van der Waals surface area contributed by atoms with Crippen LogP contribution in [0.25, 0.3) is 0 Å². The zero-order chi connectivity index (χ0) is 8.27. The summed E-state index contributed by atoms with van der Waals surface area (Å²) < 4.78 is 5.34. The molecular formula is C8H20Cl2N2O. The minimum Gasteiger partial charge on any atom is -0.381 e. The average molecular weight is 231 g/mol. The third-order valence-electron chi connectivity index (χ3n) is 2.47. The Morgan fingerprint density at radius 1 is 1.46 bits per heavy atom. The first-order valence-electron chi connectivity index (χ1n) is 4.19. The monoisotopic (exact) mass is 230 g/mol. The second kappa shape index (κ2) is 7.83. The predicted octanol–water partition coefficient (Wildman–Crippen LogP) is 0.755. The number of nitrogens with two attached hydrogens (primary N) is 1. The van der Waals surface area contributed by atoms with E-state index in [0.717, 1.165) is 26.1 Å². The number of methoxy groups -OCH3 is 1. The first-order valence-corrected chi connectivity index (χ1v) is 4.19. The topological polar surface area (TPSA) is 38.5 Å². The lowest BCUT2D eigenvalue weighted by molar-refractivity contribution is 0.00387. The number of piperidine rings is 1. The van der Waals surface area contributed by atoms with Gasteiger partial charge in [-0.15, -0.1) is 24.8 Å². The number of nitrogens with zero attached hydrogens (tertiary/aromatic N) is 1. The van der Waals surface area contributed by atoms with E-state index < -0.39 is 0 Å². The van der Waals surface area contributed by atoms with Crippen molar-refractivity contribution in [1.29, 1.82) is 0 Å². The van der Waals surface area contributed by atoms with Gasteiger partial charge >= 0.3 is 0 Å². The van der Waals surface area contributed by atoms with E-state index in [9.17, 15) is 0 Å². The molecule has 13 heavy (non-hydrogen) atoms. The number of rotatable bonds is 2. The molecule has 1 aliphatic rings. The van der Waals surface area contributed by atoms with Crippen molar-refractivity contribution in [3.8, 4) is 0 Å². The lowest BCUT2D eigenvalue weighted by atomic mass is 9.95. The van der Waals surface area contributed by atoms with Crippen LogP contribution in [0.1, 0.15) is 6.42 Å². The number of halogens is 2. The fourth-order valence-corrected chi connectivity index (χ4v) is 1.73. The summed E-state index contributed by atoms with van der Waals surface area (Å²) in [4.78, 5) is 2.31. The first-order chi connectivity index (χ1) is 5.27. The second-order valence-electron chi connectivity index (χ2n) is 3.32. The maximum absolute atomic E-state index is 5.62. The lowest BCUT2D eigenvalue weighted by Crippen LogP contribution is -2.45. The molecular weight excluding hydrogens is 211 g/mol. The highest BCUT2D eigenvalue weighted by atomic mass is 35.5. The van der Waals surface area contributed by atoms with Crippen LogP contribution in [-0.4, -0.2) is 44.8 Å². The molecule has 1 fully saturated rings. The summed E-state index contributed by atoms with van der Waals surface area (Å²) in [6, 6.07) is 0. The van der Waals surface area contributed by atoms with Gasteiger partial charge in [0.15, 0.2) is 0 Å². The van der Waals surface area contributed by atoms with Gasteiger partial charge in [-0.05, 0) is 20.0 Å². The van der Waals surface area contributed by atoms with Gasteiger partial charge in [0.1, 0.15) is 0 Å². The Kier molecular flexibility index (Phi) is 9.58. The molecule has 1 rings (SSSR count). The third-order valence-corrected chi connectivity index (χ3v) is 2.47. The molecule has 0 bridgehead atoms. The quantitative estimate of drug-likeness (QED) is 0.762. The van der Waals surface area contributed by atoms with Crippen LogP contribution >= 0.6 is 24.8 Å². The van der Waals surface area contributed by atoms with E-state index in [1.165, 1.54) is 0 Å². The average Bonchev–Trinajstić information content (AvgIpc) is 2.04. The van der Waals surface area contributed by atoms with Crippen LogP contribution in [0.15, 0.2) is 0 Å². The Morgan fingerprint density at radius 2 is 2.08 bits per heavy atom. The fourth-order valence-electron chi connectivity index (χ4n) is 1.73. The summed E-state index contributed by atoms with van der Waals surface area (Å²) in [5.74, 6) is 0.527. The summed E-state index contributed by atoms with van der Waals surface area (Å²) in [6.45, 7) is 2.95. The Hall–Kier alpha value is 0.460. The molecule has 82 valence electrons. The fraction of sp³-hybridized carbons (Fsp3) is 1.00. The Balaban J connectivity index is 0. The Bertz CT molecular complexity index is 127. The molecule has 0 aliphatic carbocycles. The van der Waals surface area contributed by atoms with E-state index in [4.69, 9.17) is 10.5 Å². The summed E-state index contributed by atoms with van der Waals surface area (Å²) >= 11 is 0. The summed E-state index contributed by atoms with van der Waals surface area (Å²) in [5.41, 5.74) is 5.62. The van der Waals surface area contributed by atoms with Crippen LogP contribution in [0, 0.1) is 5.92 Å². The van der Waals surface area contributed by atoms with Gasteiger partial charge in [0.05, 0.1) is 6.10 Å². The van der Waals surface area contributed by atoms with Crippen molar-refractivity contribution in [3.05, 3.63) is 0 Å². The van der Waals surface area contributed by atoms with Gasteiger partial charge in [-0.1, -0.05) is 0 Å². The van der Waals surface area contributed by atoms with Crippen molar-refractivity contribution in [2.75, 3.05) is 33.8 Å². The SMILES string of the molecule is COC1CCN(C)CC1CN.Cl.Cl. The highest BCUT2D eigenvalue weighted by Crippen LogP contribution is 2.17. The normalized spacial score (nSPS) is 28.8. The molecule has 1 heterocycles. The zero-order valence-corrected chi connectivity index (χ0v) is 9.87. The van der Waals surface area contributed by atoms with Gasteiger partial charge in [0.25, 0.3) is 0 Å². The zero-order valence-electron chi connectivity index (χ0n) is 8.23. The largest absolute Gasteiger partial charge is 0.381 e. The summed E-state index contributed by atoms with van der Waals surface area (Å²) in [6.07, 6.45) is 1.51. The third kappa shape index (κ3) is 4.47. The van der Waals surface area contributed by atoms with E-state index in [0.29, 0.717) is 12.0 Å². The number of hydrogen-bond acceptors (Lipinski definition) is 3. The molecule has 5 heteroatoms.